The summed E-state index contributed by atoms with van der Waals surface area (Å²) in [5.41, 5.74) is -7.96. The number of ether oxygens (including phenoxy) is 1. The third-order valence-electron chi connectivity index (χ3n) is 6.09. The number of benzene rings is 2. The van der Waals surface area contributed by atoms with E-state index in [2.05, 4.69) is 0 Å². The molecular formula is C18H11B3F7NO2. The highest BCUT2D eigenvalue weighted by atomic mass is 19.3. The minimum Gasteiger partial charge on any atom is -0.458 e. The highest BCUT2D eigenvalue weighted by Crippen LogP contribution is 2.70. The van der Waals surface area contributed by atoms with E-state index in [0.29, 0.717) is 12.1 Å². The molecular weight excluding hydrogens is 428 g/mol. The Bertz CT molecular complexity index is 1210. The molecule has 0 spiro atoms. The third kappa shape index (κ3) is 2.37. The van der Waals surface area contributed by atoms with Crippen LogP contribution < -0.4 is 21.1 Å². The van der Waals surface area contributed by atoms with E-state index in [1.807, 2.05) is 0 Å². The molecule has 0 saturated heterocycles. The second kappa shape index (κ2) is 6.00. The maximum Gasteiger partial charge on any atom is 0.346 e. The number of hydrogen-bond donors (Lipinski definition) is 1. The fourth-order valence-corrected chi connectivity index (χ4v) is 4.52. The van der Waals surface area contributed by atoms with Gasteiger partial charge in [-0.25, -0.2) is 13.2 Å². The van der Waals surface area contributed by atoms with Crippen molar-refractivity contribution in [1.82, 2.24) is 0 Å². The Hall–Kier alpha value is -2.61. The van der Waals surface area contributed by atoms with E-state index in [9.17, 15) is 41.1 Å². The zero-order chi connectivity index (χ0) is 23.3. The molecule has 0 amide bonds. The lowest BCUT2D eigenvalue weighted by Gasteiger charge is -2.30. The first-order valence-electron chi connectivity index (χ1n) is 9.05. The van der Waals surface area contributed by atoms with Crippen LogP contribution in [0.5, 0.6) is 11.5 Å². The molecule has 0 aliphatic heterocycles. The van der Waals surface area contributed by atoms with E-state index in [1.54, 1.807) is 6.07 Å². The number of halogens is 7. The minimum absolute atomic E-state index is 0.00216. The molecule has 0 saturated carbocycles. The van der Waals surface area contributed by atoms with Gasteiger partial charge >= 0.3 is 11.8 Å². The van der Waals surface area contributed by atoms with Crippen LogP contribution in [0.4, 0.5) is 30.7 Å². The van der Waals surface area contributed by atoms with Gasteiger partial charge in [0.15, 0.2) is 5.60 Å². The predicted octanol–water partition coefficient (Wildman–Crippen LogP) is -0.311. The van der Waals surface area contributed by atoms with Crippen molar-refractivity contribution in [1.29, 1.82) is 5.26 Å². The van der Waals surface area contributed by atoms with Crippen molar-refractivity contribution in [2.75, 3.05) is 0 Å². The zero-order valence-electron chi connectivity index (χ0n) is 16.3. The van der Waals surface area contributed by atoms with Gasteiger partial charge in [0.05, 0.1) is 18.1 Å². The van der Waals surface area contributed by atoms with Crippen molar-refractivity contribution < 1.29 is 40.6 Å². The van der Waals surface area contributed by atoms with Crippen molar-refractivity contribution in [3.05, 3.63) is 40.2 Å². The third-order valence-corrected chi connectivity index (χ3v) is 6.09. The molecule has 0 unspecified atom stereocenters. The van der Waals surface area contributed by atoms with E-state index in [0.717, 1.165) is 0 Å². The topological polar surface area (TPSA) is 53.2 Å². The molecule has 0 aromatic heterocycles. The van der Waals surface area contributed by atoms with Gasteiger partial charge in [-0.05, 0) is 28.5 Å². The van der Waals surface area contributed by atoms with E-state index < -0.39 is 58.0 Å². The van der Waals surface area contributed by atoms with Crippen LogP contribution in [0.2, 0.25) is 0 Å². The van der Waals surface area contributed by atoms with Crippen molar-refractivity contribution in [3.63, 3.8) is 0 Å². The van der Waals surface area contributed by atoms with Gasteiger partial charge in [-0.15, -0.1) is 0 Å². The molecule has 2 aromatic carbocycles. The Balaban J connectivity index is 1.99. The average Bonchev–Trinajstić information content (AvgIpc) is 2.96. The SMILES string of the molecule is Bc1c(F)c(B)c(Oc2ccc3c4c2C(F)(F)C[C@]4(O)C(F)(F)C3(F)F)c(B)c1C#N. The monoisotopic (exact) mass is 439 g/mol. The van der Waals surface area contributed by atoms with Crippen LogP contribution in [0.25, 0.3) is 0 Å². The van der Waals surface area contributed by atoms with Crippen LogP contribution in [0, 0.1) is 17.1 Å². The Morgan fingerprint density at radius 2 is 1.58 bits per heavy atom. The molecule has 158 valence electrons. The first-order valence-corrected chi connectivity index (χ1v) is 9.05. The summed E-state index contributed by atoms with van der Waals surface area (Å²) in [6, 6.07) is 2.92. The van der Waals surface area contributed by atoms with Crippen LogP contribution in [-0.2, 0) is 17.4 Å². The lowest BCUT2D eigenvalue weighted by Crippen LogP contribution is -2.48. The first-order chi connectivity index (χ1) is 14.1. The van der Waals surface area contributed by atoms with E-state index in [-0.39, 0.29) is 27.7 Å². The molecule has 1 atom stereocenters. The molecule has 2 aliphatic rings. The summed E-state index contributed by atoms with van der Waals surface area (Å²) in [7, 11) is 3.97. The first kappa shape index (κ1) is 21.6. The molecule has 4 rings (SSSR count). The number of alkyl halides is 6. The summed E-state index contributed by atoms with van der Waals surface area (Å²) < 4.78 is 107. The van der Waals surface area contributed by atoms with E-state index in [4.69, 9.17) is 4.74 Å². The molecule has 2 aromatic rings. The maximum atomic E-state index is 14.8. The van der Waals surface area contributed by atoms with Crippen molar-refractivity contribution in [3.8, 4) is 17.6 Å². The molecule has 1 N–H and O–H groups in total. The van der Waals surface area contributed by atoms with Crippen LogP contribution in [-0.4, -0.2) is 34.6 Å². The summed E-state index contributed by atoms with van der Waals surface area (Å²) in [4.78, 5) is 0. The van der Waals surface area contributed by atoms with Gasteiger partial charge in [0.25, 0.3) is 5.92 Å². The predicted molar refractivity (Wildman–Crippen MR) is 103 cm³/mol. The maximum absolute atomic E-state index is 14.8. The van der Waals surface area contributed by atoms with Crippen LogP contribution in [0.3, 0.4) is 0 Å². The quantitative estimate of drug-likeness (QED) is 0.517. The molecule has 3 nitrogen and oxygen atoms in total. The number of nitriles is 1. The normalized spacial score (nSPS) is 24.0. The number of nitrogens with zero attached hydrogens (tertiary/aromatic N) is 1. The summed E-state index contributed by atoms with van der Waals surface area (Å²) in [5, 5.41) is 19.6. The van der Waals surface area contributed by atoms with Gasteiger partial charge in [0.2, 0.25) is 0 Å². The smallest absolute Gasteiger partial charge is 0.346 e. The number of aliphatic hydroxyl groups is 1. The highest BCUT2D eigenvalue weighted by Gasteiger charge is 2.81. The fraction of sp³-hybridized carbons (Fsp3) is 0.278. The number of hydrogen-bond acceptors (Lipinski definition) is 3. The fourth-order valence-electron chi connectivity index (χ4n) is 4.52. The molecule has 0 fully saturated rings. The minimum atomic E-state index is -5.18. The molecule has 31 heavy (non-hydrogen) atoms. The van der Waals surface area contributed by atoms with Crippen LogP contribution >= 0.6 is 0 Å². The van der Waals surface area contributed by atoms with E-state index >= 15 is 0 Å². The Morgan fingerprint density at radius 1 is 0.968 bits per heavy atom. The summed E-state index contributed by atoms with van der Waals surface area (Å²) >= 11 is 0. The second-order valence-electron chi connectivity index (χ2n) is 7.86. The zero-order valence-corrected chi connectivity index (χ0v) is 16.3. The Labute approximate surface area is 174 Å². The summed E-state index contributed by atoms with van der Waals surface area (Å²) in [6.45, 7) is 0. The van der Waals surface area contributed by atoms with E-state index in [1.165, 1.54) is 23.5 Å². The highest BCUT2D eigenvalue weighted by molar-refractivity contribution is 6.47. The largest absolute Gasteiger partial charge is 0.458 e. The van der Waals surface area contributed by atoms with Crippen molar-refractivity contribution >= 4 is 39.9 Å². The molecule has 2 aliphatic carbocycles. The molecule has 0 heterocycles. The summed E-state index contributed by atoms with van der Waals surface area (Å²) in [5.74, 6) is -16.1. The lowest BCUT2D eigenvalue weighted by atomic mass is 9.75. The molecule has 13 heteroatoms. The molecule has 0 radical (unpaired) electrons. The van der Waals surface area contributed by atoms with Gasteiger partial charge in [0, 0.05) is 16.7 Å². The summed E-state index contributed by atoms with van der Waals surface area (Å²) in [6.07, 6.45) is -1.96. The second-order valence-corrected chi connectivity index (χ2v) is 7.86. The average molecular weight is 439 g/mol. The van der Waals surface area contributed by atoms with Gasteiger partial charge in [-0.1, -0.05) is 0 Å². The van der Waals surface area contributed by atoms with Crippen molar-refractivity contribution in [2.24, 2.45) is 0 Å². The van der Waals surface area contributed by atoms with Gasteiger partial charge in [-0.3, -0.25) is 0 Å². The molecule has 0 bridgehead atoms. The Morgan fingerprint density at radius 3 is 2.16 bits per heavy atom. The standard InChI is InChI=1S/C18H11B3F7NO2/c19-10-5(3-29)11(20)14(12(21)13(10)22)31-7-2-1-6-8-9(7)16(23,24)4-15(8,30)18(27,28)17(6,25)26/h1-2,30H,4,19-21H2/t15-/m1/s1. The van der Waals surface area contributed by atoms with Gasteiger partial charge in [-0.2, -0.15) is 22.8 Å². The van der Waals surface area contributed by atoms with Gasteiger partial charge < -0.3 is 9.84 Å². The van der Waals surface area contributed by atoms with Crippen LogP contribution in [0.1, 0.15) is 28.7 Å². The Kier molecular flexibility index (Phi) is 4.19. The lowest BCUT2D eigenvalue weighted by molar-refractivity contribution is -0.294. The van der Waals surface area contributed by atoms with Crippen molar-refractivity contribution in [2.45, 2.75) is 29.8 Å². The van der Waals surface area contributed by atoms with Crippen LogP contribution in [0.15, 0.2) is 12.1 Å². The van der Waals surface area contributed by atoms with Gasteiger partial charge in [0.1, 0.15) is 40.9 Å². The number of rotatable bonds is 2.